The number of furan rings is 1. The Labute approximate surface area is 84.6 Å². The maximum Gasteiger partial charge on any atom is 0.181 e. The quantitative estimate of drug-likeness (QED) is 0.774. The number of nitrogens with zero attached hydrogens (tertiary/aromatic N) is 2. The lowest BCUT2D eigenvalue weighted by molar-refractivity contribution is 0.566. The number of aryl methyl sites for hydroxylation is 1. The van der Waals surface area contributed by atoms with E-state index in [9.17, 15) is 0 Å². The van der Waals surface area contributed by atoms with Crippen molar-refractivity contribution in [2.45, 2.75) is 6.92 Å². The second kappa shape index (κ2) is 3.16. The zero-order valence-electron chi connectivity index (χ0n) is 7.44. The van der Waals surface area contributed by atoms with Gasteiger partial charge in [0.15, 0.2) is 5.13 Å². The first-order chi connectivity index (χ1) is 6.72. The summed E-state index contributed by atoms with van der Waals surface area (Å²) in [6, 6.07) is 2.07. The fraction of sp³-hybridized carbons (Fsp3) is 0.111. The van der Waals surface area contributed by atoms with Gasteiger partial charge in [-0.25, -0.2) is 4.98 Å². The summed E-state index contributed by atoms with van der Waals surface area (Å²) in [4.78, 5) is 4.62. The minimum atomic E-state index is 0.400. The summed E-state index contributed by atoms with van der Waals surface area (Å²) in [6.07, 6.45) is 3.19. The highest BCUT2D eigenvalue weighted by atomic mass is 32.1. The smallest absolute Gasteiger partial charge is 0.181 e. The Morgan fingerprint density at radius 1 is 1.57 bits per heavy atom. The standard InChI is InChI=1S/C9H7N3OS/c1-5-3-13-4-6(5)8-7(2-10)14-9(11)12-8/h3-4H,1H3,(H2,11,12). The van der Waals surface area contributed by atoms with Gasteiger partial charge in [0.25, 0.3) is 0 Å². The first-order valence-corrected chi connectivity index (χ1v) is 4.73. The monoisotopic (exact) mass is 205 g/mol. The van der Waals surface area contributed by atoms with Gasteiger partial charge in [0.05, 0.1) is 12.5 Å². The Hall–Kier alpha value is -1.80. The number of hydrogen-bond acceptors (Lipinski definition) is 5. The molecular weight excluding hydrogens is 198 g/mol. The van der Waals surface area contributed by atoms with Gasteiger partial charge in [-0.05, 0) is 12.5 Å². The summed E-state index contributed by atoms with van der Waals surface area (Å²) in [5, 5.41) is 9.26. The number of nitriles is 1. The molecule has 0 aliphatic rings. The van der Waals surface area contributed by atoms with E-state index in [1.165, 1.54) is 11.3 Å². The van der Waals surface area contributed by atoms with Gasteiger partial charge in [-0.1, -0.05) is 11.3 Å². The number of nitrogen functional groups attached to an aromatic ring is 1. The molecule has 2 aromatic rings. The van der Waals surface area contributed by atoms with Crippen LogP contribution in [-0.2, 0) is 0 Å². The molecule has 0 aliphatic carbocycles. The van der Waals surface area contributed by atoms with Crippen molar-refractivity contribution in [2.75, 3.05) is 5.73 Å². The Balaban J connectivity index is 2.63. The van der Waals surface area contributed by atoms with Crippen molar-refractivity contribution in [1.29, 1.82) is 5.26 Å². The predicted octanol–water partition coefficient (Wildman–Crippen LogP) is 2.17. The number of thiazole rings is 1. The van der Waals surface area contributed by atoms with E-state index in [1.807, 2.05) is 6.92 Å². The molecule has 2 N–H and O–H groups in total. The van der Waals surface area contributed by atoms with Crippen molar-refractivity contribution >= 4 is 16.5 Å². The van der Waals surface area contributed by atoms with Crippen LogP contribution >= 0.6 is 11.3 Å². The molecule has 2 rings (SSSR count). The van der Waals surface area contributed by atoms with Gasteiger partial charge in [0.1, 0.15) is 16.6 Å². The molecule has 0 amide bonds. The van der Waals surface area contributed by atoms with Crippen LogP contribution in [0.5, 0.6) is 0 Å². The van der Waals surface area contributed by atoms with Gasteiger partial charge in [-0.15, -0.1) is 0 Å². The van der Waals surface area contributed by atoms with E-state index in [-0.39, 0.29) is 0 Å². The molecule has 0 bridgehead atoms. The first-order valence-electron chi connectivity index (χ1n) is 3.92. The van der Waals surface area contributed by atoms with Crippen LogP contribution < -0.4 is 5.73 Å². The topological polar surface area (TPSA) is 75.8 Å². The van der Waals surface area contributed by atoms with Crippen LogP contribution in [0.2, 0.25) is 0 Å². The minimum absolute atomic E-state index is 0.400. The number of nitrogens with two attached hydrogens (primary N) is 1. The molecule has 0 saturated carbocycles. The van der Waals surface area contributed by atoms with E-state index in [0.29, 0.717) is 15.7 Å². The molecule has 4 nitrogen and oxygen atoms in total. The molecule has 0 aliphatic heterocycles. The van der Waals surface area contributed by atoms with Gasteiger partial charge < -0.3 is 10.2 Å². The molecule has 70 valence electrons. The van der Waals surface area contributed by atoms with Gasteiger partial charge in [0.2, 0.25) is 0 Å². The molecule has 0 radical (unpaired) electrons. The van der Waals surface area contributed by atoms with Crippen molar-refractivity contribution in [2.24, 2.45) is 0 Å². The first kappa shape index (κ1) is 8.78. The summed E-state index contributed by atoms with van der Waals surface area (Å²) in [5.74, 6) is 0. The average molecular weight is 205 g/mol. The zero-order valence-corrected chi connectivity index (χ0v) is 8.26. The van der Waals surface area contributed by atoms with Crippen LogP contribution in [0.3, 0.4) is 0 Å². The van der Waals surface area contributed by atoms with Crippen LogP contribution in [0.15, 0.2) is 16.9 Å². The van der Waals surface area contributed by atoms with E-state index in [2.05, 4.69) is 11.1 Å². The fourth-order valence-corrected chi connectivity index (χ4v) is 1.84. The number of aromatic nitrogens is 1. The van der Waals surface area contributed by atoms with Gasteiger partial charge in [0, 0.05) is 5.56 Å². The molecule has 0 atom stereocenters. The summed E-state index contributed by atoms with van der Waals surface area (Å²) in [6.45, 7) is 1.90. The molecule has 0 unspecified atom stereocenters. The van der Waals surface area contributed by atoms with E-state index >= 15 is 0 Å². The number of rotatable bonds is 1. The highest BCUT2D eigenvalue weighted by Crippen LogP contribution is 2.31. The second-order valence-corrected chi connectivity index (χ2v) is 3.84. The zero-order chi connectivity index (χ0) is 10.1. The average Bonchev–Trinajstić information content (AvgIpc) is 2.71. The largest absolute Gasteiger partial charge is 0.472 e. The van der Waals surface area contributed by atoms with Crippen molar-refractivity contribution < 1.29 is 4.42 Å². The Bertz CT molecular complexity index is 506. The Morgan fingerprint density at radius 3 is 2.93 bits per heavy atom. The molecule has 2 aromatic heterocycles. The fourth-order valence-electron chi connectivity index (χ4n) is 1.20. The summed E-state index contributed by atoms with van der Waals surface area (Å²) >= 11 is 1.19. The summed E-state index contributed by atoms with van der Waals surface area (Å²) in [5.41, 5.74) is 7.93. The normalized spacial score (nSPS) is 10.0. The van der Waals surface area contributed by atoms with Crippen LogP contribution in [0, 0.1) is 18.3 Å². The van der Waals surface area contributed by atoms with Crippen LogP contribution in [0.25, 0.3) is 11.3 Å². The minimum Gasteiger partial charge on any atom is -0.472 e. The van der Waals surface area contributed by atoms with E-state index in [1.54, 1.807) is 12.5 Å². The van der Waals surface area contributed by atoms with Gasteiger partial charge in [-0.3, -0.25) is 0 Å². The van der Waals surface area contributed by atoms with Gasteiger partial charge in [-0.2, -0.15) is 5.26 Å². The lowest BCUT2D eigenvalue weighted by Crippen LogP contribution is -1.83. The Morgan fingerprint density at radius 2 is 2.36 bits per heavy atom. The molecule has 0 aromatic carbocycles. The molecule has 14 heavy (non-hydrogen) atoms. The second-order valence-electron chi connectivity index (χ2n) is 2.81. The maximum absolute atomic E-state index is 8.86. The van der Waals surface area contributed by atoms with Crippen LogP contribution in [0.1, 0.15) is 10.4 Å². The third-order valence-corrected chi connectivity index (χ3v) is 2.65. The molecule has 0 fully saturated rings. The summed E-state index contributed by atoms with van der Waals surface area (Å²) < 4.78 is 5.02. The molecule has 0 spiro atoms. The van der Waals surface area contributed by atoms with E-state index in [0.717, 1.165) is 11.1 Å². The van der Waals surface area contributed by atoms with Gasteiger partial charge >= 0.3 is 0 Å². The van der Waals surface area contributed by atoms with Crippen LogP contribution in [0.4, 0.5) is 5.13 Å². The predicted molar refractivity (Wildman–Crippen MR) is 53.7 cm³/mol. The molecule has 5 heteroatoms. The highest BCUT2D eigenvalue weighted by molar-refractivity contribution is 7.16. The number of anilines is 1. The van der Waals surface area contributed by atoms with Crippen molar-refractivity contribution in [3.8, 4) is 17.3 Å². The Kier molecular flexibility index (Phi) is 1.98. The highest BCUT2D eigenvalue weighted by Gasteiger charge is 2.14. The van der Waals surface area contributed by atoms with Crippen molar-refractivity contribution in [3.05, 3.63) is 23.0 Å². The summed E-state index contributed by atoms with van der Waals surface area (Å²) in [7, 11) is 0. The number of hydrogen-bond donors (Lipinski definition) is 1. The lowest BCUT2D eigenvalue weighted by atomic mass is 10.1. The van der Waals surface area contributed by atoms with E-state index < -0.39 is 0 Å². The molecular formula is C9H7N3OS. The van der Waals surface area contributed by atoms with Crippen LogP contribution in [-0.4, -0.2) is 4.98 Å². The molecule has 2 heterocycles. The van der Waals surface area contributed by atoms with Crippen molar-refractivity contribution in [1.82, 2.24) is 4.98 Å². The third-order valence-electron chi connectivity index (χ3n) is 1.86. The maximum atomic E-state index is 8.86. The SMILES string of the molecule is Cc1cocc1-c1nc(N)sc1C#N. The van der Waals surface area contributed by atoms with E-state index in [4.69, 9.17) is 15.4 Å². The third kappa shape index (κ3) is 1.26. The lowest BCUT2D eigenvalue weighted by Gasteiger charge is -1.91. The molecule has 0 saturated heterocycles. The van der Waals surface area contributed by atoms with Crippen molar-refractivity contribution in [3.63, 3.8) is 0 Å².